The van der Waals surface area contributed by atoms with E-state index in [-0.39, 0.29) is 18.4 Å². The first-order valence-electron chi connectivity index (χ1n) is 6.95. The van der Waals surface area contributed by atoms with Gasteiger partial charge in [-0.3, -0.25) is 9.59 Å². The van der Waals surface area contributed by atoms with E-state index < -0.39 is 0 Å². The molecule has 2 aromatic rings. The van der Waals surface area contributed by atoms with E-state index in [1.54, 1.807) is 18.4 Å². The van der Waals surface area contributed by atoms with Crippen LogP contribution in [0.1, 0.15) is 17.5 Å². The molecule has 0 aliphatic rings. The molecule has 2 amide bonds. The molecular weight excluding hydrogens is 298 g/mol. The van der Waals surface area contributed by atoms with Crippen molar-refractivity contribution in [1.29, 1.82) is 0 Å². The molecule has 0 spiro atoms. The Balaban J connectivity index is 1.96. The molecule has 0 atom stereocenters. The molecule has 1 aromatic heterocycles. The summed E-state index contributed by atoms with van der Waals surface area (Å²) in [6.45, 7) is 3.91. The van der Waals surface area contributed by atoms with Crippen molar-refractivity contribution >= 4 is 23.2 Å². The molecule has 0 bridgehead atoms. The first-order chi connectivity index (χ1) is 10.5. The van der Waals surface area contributed by atoms with Gasteiger partial charge in [-0.25, -0.2) is 4.98 Å². The molecule has 5 nitrogen and oxygen atoms in total. The second-order valence-electron chi connectivity index (χ2n) is 5.10. The minimum Gasteiger partial charge on any atom is -0.350 e. The predicted molar refractivity (Wildman–Crippen MR) is 87.4 cm³/mol. The van der Waals surface area contributed by atoms with Crippen molar-refractivity contribution in [2.75, 3.05) is 13.6 Å². The third-order valence-electron chi connectivity index (χ3n) is 3.25. The molecule has 0 saturated heterocycles. The van der Waals surface area contributed by atoms with Gasteiger partial charge < -0.3 is 10.2 Å². The van der Waals surface area contributed by atoms with Gasteiger partial charge in [0.05, 0.1) is 17.2 Å². The maximum absolute atomic E-state index is 11.8. The van der Waals surface area contributed by atoms with E-state index in [2.05, 4.69) is 10.3 Å². The number of aryl methyl sites for hydroxylation is 1. The Hall–Kier alpha value is -2.21. The van der Waals surface area contributed by atoms with E-state index in [1.807, 2.05) is 36.6 Å². The van der Waals surface area contributed by atoms with Crippen LogP contribution in [-0.4, -0.2) is 35.3 Å². The highest BCUT2D eigenvalue weighted by Crippen LogP contribution is 2.22. The maximum Gasteiger partial charge on any atom is 0.239 e. The summed E-state index contributed by atoms with van der Waals surface area (Å²) in [6.07, 6.45) is 0. The Morgan fingerprint density at radius 1 is 1.36 bits per heavy atom. The fourth-order valence-electron chi connectivity index (χ4n) is 1.92. The van der Waals surface area contributed by atoms with Gasteiger partial charge in [-0.15, -0.1) is 11.3 Å². The first-order valence-corrected chi connectivity index (χ1v) is 7.83. The Labute approximate surface area is 134 Å². The summed E-state index contributed by atoms with van der Waals surface area (Å²) in [5.74, 6) is -0.302. The Kier molecular flexibility index (Phi) is 5.27. The van der Waals surface area contributed by atoms with Gasteiger partial charge in [0.1, 0.15) is 0 Å². The Morgan fingerprint density at radius 2 is 2.14 bits per heavy atom. The van der Waals surface area contributed by atoms with Crippen molar-refractivity contribution in [3.63, 3.8) is 0 Å². The van der Waals surface area contributed by atoms with Crippen LogP contribution in [0.2, 0.25) is 0 Å². The number of rotatable bonds is 5. The first kappa shape index (κ1) is 16.2. The topological polar surface area (TPSA) is 62.3 Å². The highest BCUT2D eigenvalue weighted by molar-refractivity contribution is 7.09. The fourth-order valence-corrected chi connectivity index (χ4v) is 2.54. The number of amides is 2. The number of thiazole rings is 1. The van der Waals surface area contributed by atoms with Gasteiger partial charge in [0.15, 0.2) is 0 Å². The van der Waals surface area contributed by atoms with Gasteiger partial charge in [-0.1, -0.05) is 18.2 Å². The molecule has 0 fully saturated rings. The van der Waals surface area contributed by atoms with Crippen molar-refractivity contribution in [2.24, 2.45) is 0 Å². The molecule has 1 heterocycles. The van der Waals surface area contributed by atoms with Gasteiger partial charge in [-0.05, 0) is 18.6 Å². The molecule has 1 aromatic carbocycles. The smallest absolute Gasteiger partial charge is 0.239 e. The highest BCUT2D eigenvalue weighted by atomic mass is 32.1. The number of hydrogen-bond acceptors (Lipinski definition) is 4. The summed E-state index contributed by atoms with van der Waals surface area (Å²) in [6, 6.07) is 7.93. The molecule has 116 valence electrons. The molecule has 0 radical (unpaired) electrons. The zero-order valence-corrected chi connectivity index (χ0v) is 13.7. The SMILES string of the molecule is CC(=O)N(C)CC(=O)NCc1cccc(-c2csc(C)n2)c1. The third kappa shape index (κ3) is 4.39. The lowest BCUT2D eigenvalue weighted by molar-refractivity contribution is -0.133. The number of carbonyl (C=O) groups is 2. The van der Waals surface area contributed by atoms with Gasteiger partial charge in [-0.2, -0.15) is 0 Å². The maximum atomic E-state index is 11.8. The molecule has 1 N–H and O–H groups in total. The Bertz CT molecular complexity index is 682. The van der Waals surface area contributed by atoms with E-state index >= 15 is 0 Å². The average Bonchev–Trinajstić information content (AvgIpc) is 2.92. The van der Waals surface area contributed by atoms with Crippen LogP contribution in [0.4, 0.5) is 0 Å². The lowest BCUT2D eigenvalue weighted by Gasteiger charge is -2.14. The number of likely N-dealkylation sites (N-methyl/N-ethyl adjacent to an activating group) is 1. The second kappa shape index (κ2) is 7.17. The molecule has 6 heteroatoms. The third-order valence-corrected chi connectivity index (χ3v) is 4.02. The largest absolute Gasteiger partial charge is 0.350 e. The molecule has 0 unspecified atom stereocenters. The lowest BCUT2D eigenvalue weighted by atomic mass is 10.1. The van der Waals surface area contributed by atoms with Crippen LogP contribution >= 0.6 is 11.3 Å². The highest BCUT2D eigenvalue weighted by Gasteiger charge is 2.09. The van der Waals surface area contributed by atoms with Crippen LogP contribution in [0.25, 0.3) is 11.3 Å². The summed E-state index contributed by atoms with van der Waals surface area (Å²) in [5.41, 5.74) is 2.99. The minimum absolute atomic E-state index is 0.0697. The van der Waals surface area contributed by atoms with Crippen molar-refractivity contribution in [3.8, 4) is 11.3 Å². The van der Waals surface area contributed by atoms with Crippen LogP contribution in [-0.2, 0) is 16.1 Å². The van der Waals surface area contributed by atoms with E-state index in [0.29, 0.717) is 6.54 Å². The number of nitrogens with one attached hydrogen (secondary N) is 1. The monoisotopic (exact) mass is 317 g/mol. The summed E-state index contributed by atoms with van der Waals surface area (Å²) in [4.78, 5) is 28.7. The average molecular weight is 317 g/mol. The predicted octanol–water partition coefficient (Wildman–Crippen LogP) is 2.21. The molecule has 0 saturated carbocycles. The van der Waals surface area contributed by atoms with Gasteiger partial charge in [0.25, 0.3) is 0 Å². The molecule has 0 aliphatic carbocycles. The zero-order chi connectivity index (χ0) is 16.1. The standard InChI is InChI=1S/C16H19N3O2S/c1-11-18-15(10-22-11)14-6-4-5-13(7-14)8-17-16(21)9-19(3)12(2)20/h4-7,10H,8-9H2,1-3H3,(H,17,21). The van der Waals surface area contributed by atoms with Crippen LogP contribution in [0, 0.1) is 6.92 Å². The van der Waals surface area contributed by atoms with Crippen LogP contribution < -0.4 is 5.32 Å². The molecular formula is C16H19N3O2S. The normalized spacial score (nSPS) is 10.3. The van der Waals surface area contributed by atoms with E-state index in [0.717, 1.165) is 21.8 Å². The van der Waals surface area contributed by atoms with Gasteiger partial charge in [0, 0.05) is 31.5 Å². The number of nitrogens with zero attached hydrogens (tertiary/aromatic N) is 2. The van der Waals surface area contributed by atoms with Crippen LogP contribution in [0.5, 0.6) is 0 Å². The van der Waals surface area contributed by atoms with Crippen molar-refractivity contribution in [3.05, 3.63) is 40.2 Å². The van der Waals surface area contributed by atoms with Crippen molar-refractivity contribution in [1.82, 2.24) is 15.2 Å². The summed E-state index contributed by atoms with van der Waals surface area (Å²) in [5, 5.41) is 5.87. The molecule has 22 heavy (non-hydrogen) atoms. The summed E-state index contributed by atoms with van der Waals surface area (Å²) in [7, 11) is 1.60. The number of carbonyl (C=O) groups excluding carboxylic acids is 2. The van der Waals surface area contributed by atoms with Crippen molar-refractivity contribution in [2.45, 2.75) is 20.4 Å². The van der Waals surface area contributed by atoms with E-state index in [1.165, 1.54) is 11.8 Å². The van der Waals surface area contributed by atoms with Crippen molar-refractivity contribution < 1.29 is 9.59 Å². The van der Waals surface area contributed by atoms with E-state index in [4.69, 9.17) is 0 Å². The quantitative estimate of drug-likeness (QED) is 0.919. The Morgan fingerprint density at radius 3 is 2.77 bits per heavy atom. The van der Waals surface area contributed by atoms with Gasteiger partial charge >= 0.3 is 0 Å². The number of hydrogen-bond donors (Lipinski definition) is 1. The van der Waals surface area contributed by atoms with Crippen LogP contribution in [0.3, 0.4) is 0 Å². The summed E-state index contributed by atoms with van der Waals surface area (Å²) < 4.78 is 0. The molecule has 0 aliphatic heterocycles. The number of benzene rings is 1. The van der Waals surface area contributed by atoms with Crippen LogP contribution in [0.15, 0.2) is 29.6 Å². The lowest BCUT2D eigenvalue weighted by Crippen LogP contribution is -2.36. The fraction of sp³-hybridized carbons (Fsp3) is 0.312. The zero-order valence-electron chi connectivity index (χ0n) is 12.9. The molecule has 2 rings (SSSR count). The minimum atomic E-state index is -0.174. The second-order valence-corrected chi connectivity index (χ2v) is 6.17. The van der Waals surface area contributed by atoms with Gasteiger partial charge in [0.2, 0.25) is 11.8 Å². The van der Waals surface area contributed by atoms with E-state index in [9.17, 15) is 9.59 Å². The summed E-state index contributed by atoms with van der Waals surface area (Å²) >= 11 is 1.61. The number of aromatic nitrogens is 1.